The first-order chi connectivity index (χ1) is 12.0. The minimum Gasteiger partial charge on any atom is -0.478 e. The maximum absolute atomic E-state index is 12.2. The van der Waals surface area contributed by atoms with Crippen LogP contribution in [0.1, 0.15) is 21.7 Å². The van der Waals surface area contributed by atoms with E-state index in [4.69, 9.17) is 16.7 Å². The summed E-state index contributed by atoms with van der Waals surface area (Å²) >= 11 is 7.93. The van der Waals surface area contributed by atoms with E-state index in [1.807, 2.05) is 30.5 Å². The predicted octanol–water partition coefficient (Wildman–Crippen LogP) is 4.08. The highest BCUT2D eigenvalue weighted by Crippen LogP contribution is 2.22. The molecule has 1 aromatic heterocycles. The summed E-state index contributed by atoms with van der Waals surface area (Å²) in [5.41, 5.74) is 0.832. The number of nitrogens with zero attached hydrogens (tertiary/aromatic N) is 1. The van der Waals surface area contributed by atoms with Crippen molar-refractivity contribution in [3.05, 3.63) is 69.8 Å². The molecule has 5 nitrogen and oxygen atoms in total. The summed E-state index contributed by atoms with van der Waals surface area (Å²) in [6.45, 7) is 0. The number of aromatic nitrogens is 2. The van der Waals surface area contributed by atoms with Gasteiger partial charge in [0.15, 0.2) is 5.82 Å². The third-order valence-corrected chi connectivity index (χ3v) is 4.62. The minimum absolute atomic E-state index is 0.0595. The number of rotatable bonds is 4. The lowest BCUT2D eigenvalue weighted by Crippen LogP contribution is -2.11. The monoisotopic (exact) mass is 372 g/mol. The summed E-state index contributed by atoms with van der Waals surface area (Å²) in [4.78, 5) is 31.3. The van der Waals surface area contributed by atoms with Crippen molar-refractivity contribution in [1.29, 1.82) is 0 Å². The lowest BCUT2D eigenvalue weighted by atomic mass is 10.1. The molecule has 2 N–H and O–H groups in total. The van der Waals surface area contributed by atoms with Crippen LogP contribution in [0.4, 0.5) is 0 Å². The molecule has 0 spiro atoms. The summed E-state index contributed by atoms with van der Waals surface area (Å²) in [6.07, 6.45) is 3.68. The number of carbonyl (C=O) groups is 1. The maximum atomic E-state index is 12.2. The fourth-order valence-corrected chi connectivity index (χ4v) is 2.92. The molecule has 0 atom stereocenters. The summed E-state index contributed by atoms with van der Waals surface area (Å²) in [7, 11) is 0. The molecule has 25 heavy (non-hydrogen) atoms. The summed E-state index contributed by atoms with van der Waals surface area (Å²) < 4.78 is 0. The SMILES string of the molecule is CSc1ccc(/C=C(\Cl)c2nc3cc(C(=O)O)ccc3c(=O)[nH]2)cc1. The molecule has 7 heteroatoms. The smallest absolute Gasteiger partial charge is 0.335 e. The van der Waals surface area contributed by atoms with Gasteiger partial charge in [-0.3, -0.25) is 4.79 Å². The molecule has 0 unspecified atom stereocenters. The van der Waals surface area contributed by atoms with Crippen molar-refractivity contribution in [2.45, 2.75) is 4.90 Å². The summed E-state index contributed by atoms with van der Waals surface area (Å²) in [5, 5.41) is 9.65. The van der Waals surface area contributed by atoms with E-state index in [-0.39, 0.29) is 27.5 Å². The van der Waals surface area contributed by atoms with Gasteiger partial charge < -0.3 is 10.1 Å². The fourth-order valence-electron chi connectivity index (χ4n) is 2.30. The van der Waals surface area contributed by atoms with Gasteiger partial charge in [0.2, 0.25) is 0 Å². The third-order valence-electron chi connectivity index (χ3n) is 3.59. The van der Waals surface area contributed by atoms with E-state index in [0.29, 0.717) is 5.39 Å². The molecule has 0 aliphatic rings. The Morgan fingerprint density at radius 1 is 1.24 bits per heavy atom. The van der Waals surface area contributed by atoms with Gasteiger partial charge in [0.05, 0.1) is 21.5 Å². The van der Waals surface area contributed by atoms with E-state index in [1.54, 1.807) is 17.8 Å². The average Bonchev–Trinajstić information content (AvgIpc) is 2.61. The molecule has 0 fully saturated rings. The van der Waals surface area contributed by atoms with Crippen molar-refractivity contribution in [2.24, 2.45) is 0 Å². The Labute approximate surface area is 152 Å². The van der Waals surface area contributed by atoms with E-state index in [0.717, 1.165) is 10.5 Å². The van der Waals surface area contributed by atoms with Crippen molar-refractivity contribution >= 4 is 51.3 Å². The Morgan fingerprint density at radius 2 is 1.96 bits per heavy atom. The van der Waals surface area contributed by atoms with Crippen LogP contribution in [-0.4, -0.2) is 27.3 Å². The van der Waals surface area contributed by atoms with Crippen LogP contribution < -0.4 is 5.56 Å². The molecule has 0 saturated carbocycles. The molecule has 0 saturated heterocycles. The Balaban J connectivity index is 2.05. The number of carboxylic acid groups (broad SMARTS) is 1. The highest BCUT2D eigenvalue weighted by molar-refractivity contribution is 7.98. The van der Waals surface area contributed by atoms with Crippen LogP contribution in [0.25, 0.3) is 22.0 Å². The lowest BCUT2D eigenvalue weighted by molar-refractivity contribution is 0.0697. The molecular weight excluding hydrogens is 360 g/mol. The topological polar surface area (TPSA) is 83.0 Å². The van der Waals surface area contributed by atoms with Crippen LogP contribution in [-0.2, 0) is 0 Å². The van der Waals surface area contributed by atoms with Gasteiger partial charge in [-0.2, -0.15) is 0 Å². The van der Waals surface area contributed by atoms with Gasteiger partial charge in [0.1, 0.15) is 0 Å². The van der Waals surface area contributed by atoms with Gasteiger partial charge in [-0.25, -0.2) is 9.78 Å². The first-order valence-corrected chi connectivity index (χ1v) is 8.87. The highest BCUT2D eigenvalue weighted by Gasteiger charge is 2.10. The predicted molar refractivity (Wildman–Crippen MR) is 101 cm³/mol. The van der Waals surface area contributed by atoms with E-state index >= 15 is 0 Å². The molecule has 1 heterocycles. The first-order valence-electron chi connectivity index (χ1n) is 7.27. The van der Waals surface area contributed by atoms with Gasteiger partial charge in [-0.1, -0.05) is 23.7 Å². The Bertz CT molecular complexity index is 1040. The second-order valence-electron chi connectivity index (χ2n) is 5.22. The zero-order valence-corrected chi connectivity index (χ0v) is 14.7. The first kappa shape index (κ1) is 17.3. The summed E-state index contributed by atoms with van der Waals surface area (Å²) in [5.74, 6) is -0.892. The third kappa shape index (κ3) is 3.75. The van der Waals surface area contributed by atoms with Crippen LogP contribution in [0.5, 0.6) is 0 Å². The molecule has 0 aliphatic heterocycles. The quantitative estimate of drug-likeness (QED) is 0.674. The molecule has 3 aromatic rings. The number of H-pyrrole nitrogens is 1. The molecule has 0 radical (unpaired) electrons. The van der Waals surface area contributed by atoms with Crippen LogP contribution in [0, 0.1) is 0 Å². The molecule has 2 aromatic carbocycles. The Kier molecular flexibility index (Phi) is 4.92. The molecule has 0 bridgehead atoms. The van der Waals surface area contributed by atoms with E-state index in [2.05, 4.69) is 9.97 Å². The van der Waals surface area contributed by atoms with Gasteiger partial charge in [0.25, 0.3) is 5.56 Å². The van der Waals surface area contributed by atoms with E-state index in [9.17, 15) is 9.59 Å². The average molecular weight is 373 g/mol. The fraction of sp³-hybridized carbons (Fsp3) is 0.0556. The van der Waals surface area contributed by atoms with Crippen molar-refractivity contribution < 1.29 is 9.90 Å². The highest BCUT2D eigenvalue weighted by atomic mass is 35.5. The van der Waals surface area contributed by atoms with Gasteiger partial charge in [-0.15, -0.1) is 11.8 Å². The zero-order valence-electron chi connectivity index (χ0n) is 13.1. The van der Waals surface area contributed by atoms with Crippen molar-refractivity contribution in [3.8, 4) is 0 Å². The molecule has 0 amide bonds. The van der Waals surface area contributed by atoms with Crippen LogP contribution in [0.15, 0.2) is 52.2 Å². The molecule has 0 aliphatic carbocycles. The lowest BCUT2D eigenvalue weighted by Gasteiger charge is -2.04. The number of fused-ring (bicyclic) bond motifs is 1. The molecular formula is C18H13ClN2O3S. The number of aromatic amines is 1. The van der Waals surface area contributed by atoms with Crippen molar-refractivity contribution in [2.75, 3.05) is 6.26 Å². The largest absolute Gasteiger partial charge is 0.478 e. The van der Waals surface area contributed by atoms with E-state index in [1.165, 1.54) is 18.2 Å². The second kappa shape index (κ2) is 7.13. The zero-order chi connectivity index (χ0) is 18.0. The van der Waals surface area contributed by atoms with Crippen LogP contribution in [0.3, 0.4) is 0 Å². The molecule has 3 rings (SSSR count). The van der Waals surface area contributed by atoms with Gasteiger partial charge in [-0.05, 0) is 48.2 Å². The molecule has 126 valence electrons. The van der Waals surface area contributed by atoms with Gasteiger partial charge in [0, 0.05) is 4.90 Å². The van der Waals surface area contributed by atoms with E-state index < -0.39 is 5.97 Å². The number of carboxylic acids is 1. The van der Waals surface area contributed by atoms with Crippen molar-refractivity contribution in [3.63, 3.8) is 0 Å². The number of nitrogens with one attached hydrogen (secondary N) is 1. The normalized spacial score (nSPS) is 11.7. The van der Waals surface area contributed by atoms with Crippen molar-refractivity contribution in [1.82, 2.24) is 9.97 Å². The standard InChI is InChI=1S/C18H13ClN2O3S/c1-25-12-5-2-10(3-6-12)8-14(19)16-20-15-9-11(18(23)24)4-7-13(15)17(22)21-16/h2-9H,1H3,(H,23,24)(H,20,21,22)/b14-8-. The summed E-state index contributed by atoms with van der Waals surface area (Å²) in [6, 6.07) is 11.9. The number of hydrogen-bond acceptors (Lipinski definition) is 4. The number of hydrogen-bond donors (Lipinski definition) is 2. The van der Waals surface area contributed by atoms with Gasteiger partial charge >= 0.3 is 5.97 Å². The second-order valence-corrected chi connectivity index (χ2v) is 6.50. The number of thioether (sulfide) groups is 1. The van der Waals surface area contributed by atoms with Crippen LogP contribution in [0.2, 0.25) is 0 Å². The number of halogens is 1. The Hall–Kier alpha value is -2.57. The number of benzene rings is 2. The minimum atomic E-state index is -1.08. The van der Waals surface area contributed by atoms with Crippen LogP contribution >= 0.6 is 23.4 Å². The maximum Gasteiger partial charge on any atom is 0.335 e. The Morgan fingerprint density at radius 3 is 2.60 bits per heavy atom. The number of aromatic carboxylic acids is 1.